The number of carbonyl (C=O) groups is 2. The molecule has 0 aliphatic heterocycles. The summed E-state index contributed by atoms with van der Waals surface area (Å²) in [5, 5.41) is 2.49. The molecule has 0 saturated carbocycles. The molecule has 116 valence electrons. The molecule has 1 aromatic heterocycles. The number of carbonyl (C=O) groups excluding carboxylic acids is 2. The van der Waals surface area contributed by atoms with Crippen molar-refractivity contribution in [2.24, 2.45) is 0 Å². The Morgan fingerprint density at radius 3 is 2.67 bits per heavy atom. The van der Waals surface area contributed by atoms with Crippen molar-refractivity contribution in [3.63, 3.8) is 0 Å². The van der Waals surface area contributed by atoms with Crippen molar-refractivity contribution in [3.05, 3.63) is 24.8 Å². The molecule has 7 heteroatoms. The van der Waals surface area contributed by atoms with Gasteiger partial charge in [-0.15, -0.1) is 0 Å². The predicted octanol–water partition coefficient (Wildman–Crippen LogP) is 1.59. The number of nitrogens with zero attached hydrogens (tertiary/aromatic N) is 2. The molecule has 1 atom stereocenters. The maximum atomic E-state index is 11.8. The van der Waals surface area contributed by atoms with Gasteiger partial charge in [0.25, 0.3) is 0 Å². The highest BCUT2D eigenvalue weighted by Gasteiger charge is 2.25. The highest BCUT2D eigenvalue weighted by atomic mass is 16.6. The normalized spacial score (nSPS) is 12.4. The van der Waals surface area contributed by atoms with Crippen LogP contribution in [0, 0.1) is 0 Å². The summed E-state index contributed by atoms with van der Waals surface area (Å²) in [6.07, 6.45) is 4.36. The van der Waals surface area contributed by atoms with Gasteiger partial charge in [0.2, 0.25) is 0 Å². The first-order valence-corrected chi connectivity index (χ1v) is 6.47. The van der Waals surface area contributed by atoms with Gasteiger partial charge in [-0.2, -0.15) is 0 Å². The first-order chi connectivity index (χ1) is 9.75. The third-order valence-electron chi connectivity index (χ3n) is 2.46. The lowest BCUT2D eigenvalue weighted by molar-refractivity contribution is -0.143. The van der Waals surface area contributed by atoms with Gasteiger partial charge in [0, 0.05) is 18.8 Å². The second-order valence-electron chi connectivity index (χ2n) is 5.42. The van der Waals surface area contributed by atoms with Crippen LogP contribution in [-0.4, -0.2) is 40.4 Å². The number of hydrogen-bond acceptors (Lipinski definition) is 5. The summed E-state index contributed by atoms with van der Waals surface area (Å²) >= 11 is 0. The molecule has 0 aromatic carbocycles. The van der Waals surface area contributed by atoms with Crippen molar-refractivity contribution in [2.75, 3.05) is 7.11 Å². The van der Waals surface area contributed by atoms with Crippen LogP contribution in [0.3, 0.4) is 0 Å². The molecule has 0 unspecified atom stereocenters. The molecule has 1 rings (SSSR count). The van der Waals surface area contributed by atoms with Crippen LogP contribution in [0.4, 0.5) is 4.79 Å². The minimum Gasteiger partial charge on any atom is -0.467 e. The number of nitrogens with one attached hydrogen (secondary N) is 1. The summed E-state index contributed by atoms with van der Waals surface area (Å²) in [5.41, 5.74) is -0.0174. The molecule has 1 aromatic rings. The van der Waals surface area contributed by atoms with E-state index in [0.717, 1.165) is 0 Å². The molecule has 7 nitrogen and oxygen atoms in total. The van der Waals surface area contributed by atoms with Gasteiger partial charge in [0.1, 0.15) is 11.6 Å². The number of amides is 1. The molecule has 0 bridgehead atoms. The van der Waals surface area contributed by atoms with Crippen LogP contribution < -0.4 is 5.32 Å². The fourth-order valence-electron chi connectivity index (χ4n) is 1.58. The minimum atomic E-state index is -0.863. The van der Waals surface area contributed by atoms with Gasteiger partial charge in [-0.1, -0.05) is 6.58 Å². The fourth-order valence-corrected chi connectivity index (χ4v) is 1.58. The maximum absolute atomic E-state index is 11.8. The number of aromatic nitrogens is 2. The fraction of sp³-hybridized carbons (Fsp3) is 0.500. The van der Waals surface area contributed by atoms with Crippen LogP contribution in [-0.2, 0) is 20.7 Å². The van der Waals surface area contributed by atoms with Crippen molar-refractivity contribution in [1.29, 1.82) is 0 Å². The first-order valence-electron chi connectivity index (χ1n) is 6.47. The van der Waals surface area contributed by atoms with Crippen molar-refractivity contribution >= 4 is 18.3 Å². The molecule has 1 amide bonds. The van der Waals surface area contributed by atoms with E-state index in [1.807, 2.05) is 0 Å². The number of ether oxygens (including phenoxy) is 2. The Bertz CT molecular complexity index is 517. The topological polar surface area (TPSA) is 82.5 Å². The highest BCUT2D eigenvalue weighted by Crippen LogP contribution is 2.08. The van der Waals surface area contributed by atoms with E-state index in [-0.39, 0.29) is 6.42 Å². The van der Waals surface area contributed by atoms with Gasteiger partial charge in [0.05, 0.1) is 19.1 Å². The van der Waals surface area contributed by atoms with Gasteiger partial charge < -0.3 is 19.4 Å². The van der Waals surface area contributed by atoms with Crippen LogP contribution in [0.1, 0.15) is 26.5 Å². The molecule has 1 heterocycles. The summed E-state index contributed by atoms with van der Waals surface area (Å²) in [6.45, 7) is 8.83. The van der Waals surface area contributed by atoms with E-state index in [9.17, 15) is 9.59 Å². The summed E-state index contributed by atoms with van der Waals surface area (Å²) in [7, 11) is 1.26. The van der Waals surface area contributed by atoms with Crippen molar-refractivity contribution in [1.82, 2.24) is 14.9 Å². The van der Waals surface area contributed by atoms with E-state index < -0.39 is 23.7 Å². The third kappa shape index (κ3) is 5.68. The van der Waals surface area contributed by atoms with E-state index in [0.29, 0.717) is 5.69 Å². The Morgan fingerprint density at radius 2 is 2.19 bits per heavy atom. The lowest BCUT2D eigenvalue weighted by Crippen LogP contribution is -2.45. The lowest BCUT2D eigenvalue weighted by atomic mass is 10.1. The zero-order valence-corrected chi connectivity index (χ0v) is 12.8. The van der Waals surface area contributed by atoms with Gasteiger partial charge >= 0.3 is 12.1 Å². The SMILES string of the molecule is C=Cn1cnc(C[C@H](NC(=O)OC(C)(C)C)C(=O)OC)c1. The molecule has 0 aliphatic rings. The summed E-state index contributed by atoms with van der Waals surface area (Å²) in [5.74, 6) is -0.561. The van der Waals surface area contributed by atoms with Crippen molar-refractivity contribution < 1.29 is 19.1 Å². The van der Waals surface area contributed by atoms with E-state index >= 15 is 0 Å². The van der Waals surface area contributed by atoms with Gasteiger partial charge in [-0.05, 0) is 20.8 Å². The average molecular weight is 295 g/mol. The minimum absolute atomic E-state index is 0.201. The molecule has 0 spiro atoms. The summed E-state index contributed by atoms with van der Waals surface area (Å²) in [4.78, 5) is 27.6. The number of alkyl carbamates (subject to hydrolysis) is 1. The molecular formula is C14H21N3O4. The standard InChI is InChI=1S/C14H21N3O4/c1-6-17-8-10(15-9-17)7-11(12(18)20-5)16-13(19)21-14(2,3)4/h6,8-9,11H,1,7H2,2-5H3,(H,16,19)/t11-/m0/s1. The average Bonchev–Trinajstić information content (AvgIpc) is 2.82. The molecule has 0 aliphatic carbocycles. The van der Waals surface area contributed by atoms with Gasteiger partial charge in [-0.25, -0.2) is 14.6 Å². The van der Waals surface area contributed by atoms with E-state index in [4.69, 9.17) is 4.74 Å². The van der Waals surface area contributed by atoms with Crippen LogP contribution in [0.2, 0.25) is 0 Å². The molecule has 0 fully saturated rings. The van der Waals surface area contributed by atoms with Crippen LogP contribution in [0.15, 0.2) is 19.1 Å². The number of hydrogen-bond donors (Lipinski definition) is 1. The zero-order valence-electron chi connectivity index (χ0n) is 12.8. The molecule has 0 saturated heterocycles. The molecule has 21 heavy (non-hydrogen) atoms. The first kappa shape index (κ1) is 16.7. The molecule has 1 N–H and O–H groups in total. The second kappa shape index (κ2) is 6.92. The van der Waals surface area contributed by atoms with E-state index in [2.05, 4.69) is 21.6 Å². The van der Waals surface area contributed by atoms with Crippen molar-refractivity contribution in [3.8, 4) is 0 Å². The Kier molecular flexibility index (Phi) is 5.52. The van der Waals surface area contributed by atoms with Crippen LogP contribution in [0.25, 0.3) is 6.20 Å². The summed E-state index contributed by atoms with van der Waals surface area (Å²) in [6, 6.07) is -0.863. The quantitative estimate of drug-likeness (QED) is 0.834. The smallest absolute Gasteiger partial charge is 0.408 e. The number of rotatable bonds is 5. The Morgan fingerprint density at radius 1 is 1.52 bits per heavy atom. The van der Waals surface area contributed by atoms with E-state index in [1.54, 1.807) is 44.1 Å². The molecular weight excluding hydrogens is 274 g/mol. The largest absolute Gasteiger partial charge is 0.467 e. The molecule has 0 radical (unpaired) electrons. The maximum Gasteiger partial charge on any atom is 0.408 e. The van der Waals surface area contributed by atoms with E-state index in [1.165, 1.54) is 7.11 Å². The zero-order chi connectivity index (χ0) is 16.0. The number of methoxy groups -OCH3 is 1. The third-order valence-corrected chi connectivity index (χ3v) is 2.46. The van der Waals surface area contributed by atoms with Gasteiger partial charge in [-0.3, -0.25) is 0 Å². The van der Waals surface area contributed by atoms with Gasteiger partial charge in [0.15, 0.2) is 0 Å². The van der Waals surface area contributed by atoms with Crippen LogP contribution >= 0.6 is 0 Å². The Hall–Kier alpha value is -2.31. The van der Waals surface area contributed by atoms with Crippen LogP contribution in [0.5, 0.6) is 0 Å². The Labute approximate surface area is 123 Å². The second-order valence-corrected chi connectivity index (χ2v) is 5.42. The monoisotopic (exact) mass is 295 g/mol. The highest BCUT2D eigenvalue weighted by molar-refractivity contribution is 5.81. The number of imidazole rings is 1. The lowest BCUT2D eigenvalue weighted by Gasteiger charge is -2.22. The predicted molar refractivity (Wildman–Crippen MR) is 77.5 cm³/mol. The number of esters is 1. The van der Waals surface area contributed by atoms with Crippen molar-refractivity contribution in [2.45, 2.75) is 38.8 Å². The Balaban J connectivity index is 2.74. The summed E-state index contributed by atoms with van der Waals surface area (Å²) < 4.78 is 11.5.